The molecule has 1 N–H and O–H groups in total. The molecule has 1 saturated heterocycles. The second-order valence-corrected chi connectivity index (χ2v) is 5.67. The van der Waals surface area contributed by atoms with Crippen molar-refractivity contribution >= 4 is 0 Å². The molecule has 1 heterocycles. The van der Waals surface area contributed by atoms with Gasteiger partial charge in [-0.1, -0.05) is 19.3 Å². The SMILES string of the molecule is C1CCC2(CC1)OCCC2NCC1CC1. The van der Waals surface area contributed by atoms with E-state index in [0.29, 0.717) is 6.04 Å². The predicted molar refractivity (Wildman–Crippen MR) is 60.9 cm³/mol. The van der Waals surface area contributed by atoms with Gasteiger partial charge in [-0.15, -0.1) is 0 Å². The van der Waals surface area contributed by atoms with Crippen LogP contribution in [0, 0.1) is 5.92 Å². The van der Waals surface area contributed by atoms with E-state index in [-0.39, 0.29) is 5.60 Å². The van der Waals surface area contributed by atoms with Gasteiger partial charge in [-0.3, -0.25) is 0 Å². The number of ether oxygens (including phenoxy) is 1. The van der Waals surface area contributed by atoms with Crippen molar-refractivity contribution in [2.75, 3.05) is 13.2 Å². The van der Waals surface area contributed by atoms with Crippen LogP contribution in [-0.4, -0.2) is 24.8 Å². The summed E-state index contributed by atoms with van der Waals surface area (Å²) in [7, 11) is 0. The van der Waals surface area contributed by atoms with Crippen LogP contribution in [0.1, 0.15) is 51.4 Å². The average molecular weight is 209 g/mol. The molecular weight excluding hydrogens is 186 g/mol. The molecule has 1 unspecified atom stereocenters. The first-order chi connectivity index (χ1) is 7.39. The Morgan fingerprint density at radius 1 is 1.07 bits per heavy atom. The third-order valence-electron chi connectivity index (χ3n) is 4.48. The molecule has 2 saturated carbocycles. The Kier molecular flexibility index (Phi) is 2.73. The Morgan fingerprint density at radius 2 is 1.87 bits per heavy atom. The molecule has 15 heavy (non-hydrogen) atoms. The summed E-state index contributed by atoms with van der Waals surface area (Å²) in [4.78, 5) is 0. The Bertz CT molecular complexity index is 219. The first-order valence-corrected chi connectivity index (χ1v) is 6.76. The fourth-order valence-electron chi connectivity index (χ4n) is 3.31. The molecule has 0 amide bonds. The molecule has 2 nitrogen and oxygen atoms in total. The monoisotopic (exact) mass is 209 g/mol. The van der Waals surface area contributed by atoms with Gasteiger partial charge >= 0.3 is 0 Å². The van der Waals surface area contributed by atoms with Gasteiger partial charge in [-0.05, 0) is 44.6 Å². The van der Waals surface area contributed by atoms with E-state index >= 15 is 0 Å². The number of nitrogens with one attached hydrogen (secondary N) is 1. The second-order valence-electron chi connectivity index (χ2n) is 5.67. The molecule has 3 aliphatic rings. The normalized spacial score (nSPS) is 34.8. The second kappa shape index (κ2) is 4.06. The van der Waals surface area contributed by atoms with Gasteiger partial charge in [0.1, 0.15) is 0 Å². The van der Waals surface area contributed by atoms with Crippen molar-refractivity contribution in [1.82, 2.24) is 5.32 Å². The molecule has 3 fully saturated rings. The topological polar surface area (TPSA) is 21.3 Å². The van der Waals surface area contributed by atoms with Crippen LogP contribution in [0.5, 0.6) is 0 Å². The van der Waals surface area contributed by atoms with E-state index in [1.54, 1.807) is 0 Å². The highest BCUT2D eigenvalue weighted by atomic mass is 16.5. The molecule has 2 aliphatic carbocycles. The van der Waals surface area contributed by atoms with Gasteiger partial charge in [0.05, 0.1) is 5.60 Å². The summed E-state index contributed by atoms with van der Waals surface area (Å²) in [6.45, 7) is 2.23. The Labute approximate surface area is 92.8 Å². The first kappa shape index (κ1) is 10.1. The quantitative estimate of drug-likeness (QED) is 0.771. The molecule has 86 valence electrons. The third kappa shape index (κ3) is 2.07. The standard InChI is InChI=1S/C13H23NO/c1-2-7-13(8-3-1)12(6-9-15-13)14-10-11-4-5-11/h11-12,14H,1-10H2. The van der Waals surface area contributed by atoms with Crippen molar-refractivity contribution in [3.05, 3.63) is 0 Å². The zero-order valence-electron chi connectivity index (χ0n) is 9.63. The maximum absolute atomic E-state index is 6.08. The molecule has 1 atom stereocenters. The molecule has 0 bridgehead atoms. The lowest BCUT2D eigenvalue weighted by Gasteiger charge is -2.38. The van der Waals surface area contributed by atoms with Gasteiger partial charge in [0.25, 0.3) is 0 Å². The molecule has 0 aromatic carbocycles. The zero-order chi connectivity index (χ0) is 10.1. The summed E-state index contributed by atoms with van der Waals surface area (Å²) in [5.74, 6) is 0.992. The first-order valence-electron chi connectivity index (χ1n) is 6.76. The fraction of sp³-hybridized carbons (Fsp3) is 1.00. The predicted octanol–water partition coefficient (Wildman–Crippen LogP) is 2.48. The lowest BCUT2D eigenvalue weighted by Crippen LogP contribution is -2.49. The van der Waals surface area contributed by atoms with E-state index in [2.05, 4.69) is 5.32 Å². The third-order valence-corrected chi connectivity index (χ3v) is 4.48. The van der Waals surface area contributed by atoms with Gasteiger partial charge < -0.3 is 10.1 Å². The van der Waals surface area contributed by atoms with E-state index in [0.717, 1.165) is 12.5 Å². The fourth-order valence-corrected chi connectivity index (χ4v) is 3.31. The highest BCUT2D eigenvalue weighted by Gasteiger charge is 2.44. The smallest absolute Gasteiger partial charge is 0.0835 e. The lowest BCUT2D eigenvalue weighted by molar-refractivity contribution is -0.0387. The summed E-state index contributed by atoms with van der Waals surface area (Å²) >= 11 is 0. The van der Waals surface area contributed by atoms with Crippen LogP contribution in [0.3, 0.4) is 0 Å². The minimum atomic E-state index is 0.243. The maximum Gasteiger partial charge on any atom is 0.0835 e. The van der Waals surface area contributed by atoms with Gasteiger partial charge in [-0.25, -0.2) is 0 Å². The summed E-state index contributed by atoms with van der Waals surface area (Å²) in [6.07, 6.45) is 10.9. The van der Waals surface area contributed by atoms with E-state index in [1.807, 2.05) is 0 Å². The van der Waals surface area contributed by atoms with Crippen LogP contribution < -0.4 is 5.32 Å². The van der Waals surface area contributed by atoms with Crippen molar-refractivity contribution < 1.29 is 4.74 Å². The van der Waals surface area contributed by atoms with Crippen LogP contribution in [0.4, 0.5) is 0 Å². The maximum atomic E-state index is 6.08. The highest BCUT2D eigenvalue weighted by molar-refractivity contribution is 4.99. The van der Waals surface area contributed by atoms with Crippen molar-refractivity contribution in [3.8, 4) is 0 Å². The molecule has 0 aromatic rings. The molecular formula is C13H23NO. The van der Waals surface area contributed by atoms with E-state index in [4.69, 9.17) is 4.74 Å². The minimum Gasteiger partial charge on any atom is -0.373 e. The zero-order valence-corrected chi connectivity index (χ0v) is 9.63. The number of hydrogen-bond acceptors (Lipinski definition) is 2. The largest absolute Gasteiger partial charge is 0.373 e. The van der Waals surface area contributed by atoms with Crippen molar-refractivity contribution in [3.63, 3.8) is 0 Å². The average Bonchev–Trinajstić information content (AvgIpc) is 3.02. The van der Waals surface area contributed by atoms with Crippen LogP contribution >= 0.6 is 0 Å². The molecule has 2 heteroatoms. The van der Waals surface area contributed by atoms with E-state index in [9.17, 15) is 0 Å². The van der Waals surface area contributed by atoms with Crippen LogP contribution in [-0.2, 0) is 4.74 Å². The van der Waals surface area contributed by atoms with Gasteiger partial charge in [0.2, 0.25) is 0 Å². The summed E-state index contributed by atoms with van der Waals surface area (Å²) in [6, 6.07) is 0.665. The van der Waals surface area contributed by atoms with Crippen molar-refractivity contribution in [2.24, 2.45) is 5.92 Å². The molecule has 1 aliphatic heterocycles. The van der Waals surface area contributed by atoms with E-state index < -0.39 is 0 Å². The molecule has 3 rings (SSSR count). The van der Waals surface area contributed by atoms with Crippen LogP contribution in [0.2, 0.25) is 0 Å². The Morgan fingerprint density at radius 3 is 2.60 bits per heavy atom. The summed E-state index contributed by atoms with van der Waals surface area (Å²) < 4.78 is 6.08. The van der Waals surface area contributed by atoms with Gasteiger partial charge in [0, 0.05) is 12.6 Å². The van der Waals surface area contributed by atoms with Crippen LogP contribution in [0.25, 0.3) is 0 Å². The summed E-state index contributed by atoms with van der Waals surface area (Å²) in [5, 5.41) is 3.78. The van der Waals surface area contributed by atoms with Crippen LogP contribution in [0.15, 0.2) is 0 Å². The Hall–Kier alpha value is -0.0800. The summed E-state index contributed by atoms with van der Waals surface area (Å²) in [5.41, 5.74) is 0.243. The number of hydrogen-bond donors (Lipinski definition) is 1. The van der Waals surface area contributed by atoms with Gasteiger partial charge in [-0.2, -0.15) is 0 Å². The Balaban J connectivity index is 1.59. The molecule has 0 aromatic heterocycles. The van der Waals surface area contributed by atoms with E-state index in [1.165, 1.54) is 57.9 Å². The molecule has 1 spiro atoms. The van der Waals surface area contributed by atoms with Gasteiger partial charge in [0.15, 0.2) is 0 Å². The van der Waals surface area contributed by atoms with Crippen molar-refractivity contribution in [2.45, 2.75) is 63.0 Å². The number of rotatable bonds is 3. The van der Waals surface area contributed by atoms with Crippen molar-refractivity contribution in [1.29, 1.82) is 0 Å². The minimum absolute atomic E-state index is 0.243. The lowest BCUT2D eigenvalue weighted by atomic mass is 9.79. The molecule has 0 radical (unpaired) electrons. The highest BCUT2D eigenvalue weighted by Crippen LogP contribution is 2.40.